The number of aldehydes is 1. The van der Waals surface area contributed by atoms with Gasteiger partial charge < -0.3 is 5.11 Å². The molecule has 0 rings (SSSR count). The first-order valence-corrected chi connectivity index (χ1v) is 1.44. The first kappa shape index (κ1) is 5.56. The van der Waals surface area contributed by atoms with E-state index >= 15 is 0 Å². The highest BCUT2D eigenvalue weighted by Gasteiger charge is 2.13. The Bertz CT molecular complexity index is 54.3. The molecule has 0 spiro atoms. The van der Waals surface area contributed by atoms with Crippen molar-refractivity contribution >= 4 is 6.29 Å². The van der Waals surface area contributed by atoms with E-state index in [1.165, 1.54) is 0 Å². The van der Waals surface area contributed by atoms with Crippen molar-refractivity contribution in [1.82, 2.24) is 0 Å². The number of carbonyl (C=O) groups is 1. The van der Waals surface area contributed by atoms with Crippen LogP contribution in [-0.4, -0.2) is 17.2 Å². The van der Waals surface area contributed by atoms with E-state index < -0.39 is 5.85 Å². The van der Waals surface area contributed by atoms with E-state index in [1.54, 1.807) is 0 Å². The van der Waals surface area contributed by atoms with Crippen molar-refractivity contribution in [2.24, 2.45) is 0 Å². The fraction of sp³-hybridized carbons (Fsp3) is 0.667. The molecule has 0 fully saturated rings. The summed E-state index contributed by atoms with van der Waals surface area (Å²) in [4.78, 5) is 9.20. The molecule has 0 aromatic rings. The van der Waals surface area contributed by atoms with Crippen LogP contribution in [0.25, 0.3) is 0 Å². The lowest BCUT2D eigenvalue weighted by molar-refractivity contribution is -0.139. The molecular formula is C3H5FO2. The molecule has 0 saturated carbocycles. The molecule has 0 aliphatic heterocycles. The highest BCUT2D eigenvalue weighted by Crippen LogP contribution is 1.95. The van der Waals surface area contributed by atoms with E-state index in [-0.39, 0.29) is 6.29 Å². The van der Waals surface area contributed by atoms with Gasteiger partial charge in [0.05, 0.1) is 0 Å². The molecule has 0 amide bonds. The van der Waals surface area contributed by atoms with Crippen LogP contribution in [0.3, 0.4) is 0 Å². The van der Waals surface area contributed by atoms with Crippen molar-refractivity contribution in [3.8, 4) is 0 Å². The van der Waals surface area contributed by atoms with Crippen LogP contribution in [0.1, 0.15) is 6.92 Å². The zero-order chi connectivity index (χ0) is 5.21. The summed E-state index contributed by atoms with van der Waals surface area (Å²) in [5.41, 5.74) is 0. The fourth-order valence-corrected chi connectivity index (χ4v) is 0. The fourth-order valence-electron chi connectivity index (χ4n) is 0. The normalized spacial score (nSPS) is 19.2. The second-order valence-electron chi connectivity index (χ2n) is 1.14. The van der Waals surface area contributed by atoms with E-state index in [9.17, 15) is 9.18 Å². The molecule has 1 N–H and O–H groups in total. The Balaban J connectivity index is 3.45. The molecule has 2 nitrogen and oxygen atoms in total. The maximum absolute atomic E-state index is 11.3. The minimum absolute atomic E-state index is 0.174. The van der Waals surface area contributed by atoms with Gasteiger partial charge in [0.25, 0.3) is 5.85 Å². The monoisotopic (exact) mass is 92.0 g/mol. The van der Waals surface area contributed by atoms with Gasteiger partial charge in [0.2, 0.25) is 0 Å². The Morgan fingerprint density at radius 1 is 2.00 bits per heavy atom. The van der Waals surface area contributed by atoms with Crippen LogP contribution in [0, 0.1) is 0 Å². The summed E-state index contributed by atoms with van der Waals surface area (Å²) in [6.07, 6.45) is -0.174. The van der Waals surface area contributed by atoms with Gasteiger partial charge in [-0.15, -0.1) is 0 Å². The molecule has 0 aliphatic rings. The highest BCUT2D eigenvalue weighted by molar-refractivity contribution is 5.58. The molecule has 0 aliphatic carbocycles. The Kier molecular flexibility index (Phi) is 1.24. The van der Waals surface area contributed by atoms with Crippen LogP contribution in [-0.2, 0) is 4.79 Å². The predicted molar refractivity (Wildman–Crippen MR) is 17.8 cm³/mol. The third kappa shape index (κ3) is 3.56. The lowest BCUT2D eigenvalue weighted by Crippen LogP contribution is -2.17. The van der Waals surface area contributed by atoms with Crippen molar-refractivity contribution in [3.63, 3.8) is 0 Å². The van der Waals surface area contributed by atoms with E-state index in [1.807, 2.05) is 0 Å². The number of alkyl halides is 1. The number of aliphatic hydroxyl groups is 1. The van der Waals surface area contributed by atoms with Gasteiger partial charge >= 0.3 is 0 Å². The summed E-state index contributed by atoms with van der Waals surface area (Å²) in [6, 6.07) is 0. The zero-order valence-corrected chi connectivity index (χ0v) is 3.31. The van der Waals surface area contributed by atoms with Gasteiger partial charge in [0, 0.05) is 6.92 Å². The summed E-state index contributed by atoms with van der Waals surface area (Å²) in [5, 5.41) is 7.79. The summed E-state index contributed by atoms with van der Waals surface area (Å²) in [7, 11) is 0. The van der Waals surface area contributed by atoms with Crippen LogP contribution < -0.4 is 0 Å². The lowest BCUT2D eigenvalue weighted by atomic mass is 10.4. The number of hydrogen-bond donors (Lipinski definition) is 1. The Morgan fingerprint density at radius 3 is 2.17 bits per heavy atom. The largest absolute Gasteiger partial charge is 0.356 e. The molecule has 3 heteroatoms. The molecule has 0 aromatic carbocycles. The number of hydrogen-bond acceptors (Lipinski definition) is 2. The SMILES string of the molecule is CC(O)(F)C=O. The van der Waals surface area contributed by atoms with Gasteiger partial charge in [-0.1, -0.05) is 0 Å². The van der Waals surface area contributed by atoms with Gasteiger partial charge in [-0.25, -0.2) is 4.39 Å². The minimum atomic E-state index is -2.64. The second-order valence-corrected chi connectivity index (χ2v) is 1.14. The van der Waals surface area contributed by atoms with Gasteiger partial charge in [-0.3, -0.25) is 4.79 Å². The molecule has 36 valence electrons. The zero-order valence-electron chi connectivity index (χ0n) is 3.31. The molecule has 0 radical (unpaired) electrons. The van der Waals surface area contributed by atoms with Crippen molar-refractivity contribution < 1.29 is 14.3 Å². The average Bonchev–Trinajstić information content (AvgIpc) is 1.35. The topological polar surface area (TPSA) is 37.3 Å². The van der Waals surface area contributed by atoms with Crippen LogP contribution >= 0.6 is 0 Å². The van der Waals surface area contributed by atoms with Gasteiger partial charge in [0.15, 0.2) is 6.29 Å². The van der Waals surface area contributed by atoms with Gasteiger partial charge in [0.1, 0.15) is 0 Å². The molecule has 1 unspecified atom stereocenters. The molecular weight excluding hydrogens is 87.0 g/mol. The van der Waals surface area contributed by atoms with Gasteiger partial charge in [-0.2, -0.15) is 0 Å². The molecule has 1 atom stereocenters. The number of rotatable bonds is 1. The first-order valence-electron chi connectivity index (χ1n) is 1.44. The predicted octanol–water partition coefficient (Wildman–Crippen LogP) is -0.137. The van der Waals surface area contributed by atoms with Crippen LogP contribution in [0.2, 0.25) is 0 Å². The summed E-state index contributed by atoms with van der Waals surface area (Å²) < 4.78 is 11.3. The molecule has 0 aromatic heterocycles. The summed E-state index contributed by atoms with van der Waals surface area (Å²) >= 11 is 0. The molecule has 6 heavy (non-hydrogen) atoms. The molecule has 0 bridgehead atoms. The highest BCUT2D eigenvalue weighted by atomic mass is 19.2. The Morgan fingerprint density at radius 2 is 2.17 bits per heavy atom. The average molecular weight is 92.1 g/mol. The molecule has 0 heterocycles. The minimum Gasteiger partial charge on any atom is -0.356 e. The number of carbonyl (C=O) groups excluding carboxylic acids is 1. The summed E-state index contributed by atoms with van der Waals surface area (Å²) in [6.45, 7) is 0.764. The third-order valence-corrected chi connectivity index (χ3v) is 0.215. The van der Waals surface area contributed by atoms with E-state index in [4.69, 9.17) is 5.11 Å². The summed E-state index contributed by atoms with van der Waals surface area (Å²) in [5.74, 6) is -2.64. The van der Waals surface area contributed by atoms with E-state index in [2.05, 4.69) is 0 Å². The quantitative estimate of drug-likeness (QED) is 0.457. The Labute approximate surface area is 34.6 Å². The smallest absolute Gasteiger partial charge is 0.260 e. The van der Waals surface area contributed by atoms with Crippen LogP contribution in [0.4, 0.5) is 4.39 Å². The Hall–Kier alpha value is -0.440. The van der Waals surface area contributed by atoms with E-state index in [0.29, 0.717) is 0 Å². The third-order valence-electron chi connectivity index (χ3n) is 0.215. The maximum atomic E-state index is 11.3. The van der Waals surface area contributed by atoms with E-state index in [0.717, 1.165) is 6.92 Å². The van der Waals surface area contributed by atoms with Gasteiger partial charge in [-0.05, 0) is 0 Å². The maximum Gasteiger partial charge on any atom is 0.260 e. The standard InChI is InChI=1S/C3H5FO2/c1-3(4,6)2-5/h2,6H,1H3. The first-order chi connectivity index (χ1) is 2.56. The van der Waals surface area contributed by atoms with Crippen LogP contribution in [0.5, 0.6) is 0 Å². The van der Waals surface area contributed by atoms with Crippen molar-refractivity contribution in [2.75, 3.05) is 0 Å². The van der Waals surface area contributed by atoms with Crippen molar-refractivity contribution in [1.29, 1.82) is 0 Å². The van der Waals surface area contributed by atoms with Crippen molar-refractivity contribution in [2.45, 2.75) is 12.8 Å². The lowest BCUT2D eigenvalue weighted by Gasteiger charge is -1.97. The van der Waals surface area contributed by atoms with Crippen molar-refractivity contribution in [3.05, 3.63) is 0 Å². The van der Waals surface area contributed by atoms with Crippen LogP contribution in [0.15, 0.2) is 0 Å². The number of halogens is 1. The second kappa shape index (κ2) is 1.34. The molecule has 0 saturated heterocycles.